The molecule has 18 heavy (non-hydrogen) atoms. The van der Waals surface area contributed by atoms with Crippen LogP contribution < -0.4 is 0 Å². The van der Waals surface area contributed by atoms with E-state index in [0.29, 0.717) is 0 Å². The summed E-state index contributed by atoms with van der Waals surface area (Å²) in [5.74, 6) is 0.229. The van der Waals surface area contributed by atoms with E-state index < -0.39 is 6.10 Å². The highest BCUT2D eigenvalue weighted by molar-refractivity contribution is 6.30. The number of hydrogen-bond donors (Lipinski definition) is 1. The van der Waals surface area contributed by atoms with Crippen LogP contribution in [0.4, 0.5) is 0 Å². The Labute approximate surface area is 113 Å². The van der Waals surface area contributed by atoms with Gasteiger partial charge in [-0.05, 0) is 35.2 Å². The Kier molecular flexibility index (Phi) is 4.10. The SMILES string of the molecule is CC(C)C(O)c1ccn(Cc2cccc(Cl)c2)c1. The maximum atomic E-state index is 9.99. The summed E-state index contributed by atoms with van der Waals surface area (Å²) in [6.45, 7) is 4.79. The van der Waals surface area contributed by atoms with E-state index >= 15 is 0 Å². The van der Waals surface area contributed by atoms with Gasteiger partial charge in [0.1, 0.15) is 0 Å². The van der Waals surface area contributed by atoms with Crippen molar-refractivity contribution in [1.82, 2.24) is 4.57 Å². The summed E-state index contributed by atoms with van der Waals surface area (Å²) in [4.78, 5) is 0. The van der Waals surface area contributed by atoms with Crippen molar-refractivity contribution < 1.29 is 5.11 Å². The van der Waals surface area contributed by atoms with Gasteiger partial charge in [-0.1, -0.05) is 37.6 Å². The zero-order valence-corrected chi connectivity index (χ0v) is 11.4. The maximum Gasteiger partial charge on any atom is 0.0827 e. The van der Waals surface area contributed by atoms with Gasteiger partial charge in [0.25, 0.3) is 0 Å². The third-order valence-corrected chi connectivity index (χ3v) is 3.24. The third kappa shape index (κ3) is 3.15. The molecule has 0 amide bonds. The molecule has 0 fully saturated rings. The lowest BCUT2D eigenvalue weighted by molar-refractivity contribution is 0.127. The molecule has 0 aliphatic rings. The molecule has 0 spiro atoms. The molecular formula is C15H18ClNO. The predicted octanol–water partition coefficient (Wildman–Crippen LogP) is 3.88. The number of nitrogens with zero attached hydrogens (tertiary/aromatic N) is 1. The second-order valence-corrected chi connectivity index (χ2v) is 5.37. The molecule has 0 aliphatic carbocycles. The molecule has 1 atom stereocenters. The van der Waals surface area contributed by atoms with Gasteiger partial charge in [0.15, 0.2) is 0 Å². The van der Waals surface area contributed by atoms with E-state index in [0.717, 1.165) is 22.7 Å². The van der Waals surface area contributed by atoms with Crippen molar-refractivity contribution in [2.24, 2.45) is 5.92 Å². The molecule has 0 bridgehead atoms. The molecule has 2 rings (SSSR count). The van der Waals surface area contributed by atoms with Crippen LogP contribution in [0.1, 0.15) is 31.1 Å². The average molecular weight is 264 g/mol. The second kappa shape index (κ2) is 5.59. The van der Waals surface area contributed by atoms with Crippen LogP contribution in [-0.4, -0.2) is 9.67 Å². The van der Waals surface area contributed by atoms with Crippen LogP contribution in [0.5, 0.6) is 0 Å². The fourth-order valence-electron chi connectivity index (χ4n) is 1.96. The quantitative estimate of drug-likeness (QED) is 0.890. The first-order valence-corrected chi connectivity index (χ1v) is 6.52. The van der Waals surface area contributed by atoms with Crippen molar-refractivity contribution in [3.05, 3.63) is 58.9 Å². The van der Waals surface area contributed by atoms with Crippen LogP contribution in [0.25, 0.3) is 0 Å². The van der Waals surface area contributed by atoms with Crippen LogP contribution in [-0.2, 0) is 6.54 Å². The highest BCUT2D eigenvalue weighted by atomic mass is 35.5. The molecule has 0 radical (unpaired) electrons. The van der Waals surface area contributed by atoms with Gasteiger partial charge in [0, 0.05) is 24.0 Å². The molecule has 2 nitrogen and oxygen atoms in total. The largest absolute Gasteiger partial charge is 0.388 e. The van der Waals surface area contributed by atoms with Crippen LogP contribution in [0, 0.1) is 5.92 Å². The second-order valence-electron chi connectivity index (χ2n) is 4.94. The highest BCUT2D eigenvalue weighted by Gasteiger charge is 2.12. The Morgan fingerprint density at radius 1 is 1.28 bits per heavy atom. The maximum absolute atomic E-state index is 9.99. The third-order valence-electron chi connectivity index (χ3n) is 3.00. The average Bonchev–Trinajstić information content (AvgIpc) is 2.76. The van der Waals surface area contributed by atoms with Crippen molar-refractivity contribution >= 4 is 11.6 Å². The zero-order chi connectivity index (χ0) is 13.1. The molecule has 1 unspecified atom stereocenters. The Balaban J connectivity index is 2.11. The van der Waals surface area contributed by atoms with Gasteiger partial charge < -0.3 is 9.67 Å². The first-order valence-electron chi connectivity index (χ1n) is 6.14. The standard InChI is InChI=1S/C15H18ClNO/c1-11(2)15(18)13-6-7-17(10-13)9-12-4-3-5-14(16)8-12/h3-8,10-11,15,18H,9H2,1-2H3. The molecule has 3 heteroatoms. The molecule has 96 valence electrons. The van der Waals surface area contributed by atoms with Gasteiger partial charge >= 0.3 is 0 Å². The number of aliphatic hydroxyl groups is 1. The Bertz CT molecular complexity index is 519. The van der Waals surface area contributed by atoms with Gasteiger partial charge in [0.05, 0.1) is 6.10 Å². The first kappa shape index (κ1) is 13.2. The molecule has 1 aromatic heterocycles. The molecule has 1 heterocycles. The topological polar surface area (TPSA) is 25.2 Å². The fraction of sp³-hybridized carbons (Fsp3) is 0.333. The summed E-state index contributed by atoms with van der Waals surface area (Å²) in [5.41, 5.74) is 2.12. The van der Waals surface area contributed by atoms with Gasteiger partial charge in [-0.3, -0.25) is 0 Å². The molecule has 1 aromatic carbocycles. The van der Waals surface area contributed by atoms with E-state index in [1.54, 1.807) is 0 Å². The number of rotatable bonds is 4. The highest BCUT2D eigenvalue weighted by Crippen LogP contribution is 2.22. The molecule has 0 saturated heterocycles. The van der Waals surface area contributed by atoms with Gasteiger partial charge in [-0.2, -0.15) is 0 Å². The number of benzene rings is 1. The van der Waals surface area contributed by atoms with Crippen LogP contribution in [0.15, 0.2) is 42.7 Å². The van der Waals surface area contributed by atoms with Gasteiger partial charge in [0.2, 0.25) is 0 Å². The summed E-state index contributed by atoms with van der Waals surface area (Å²) < 4.78 is 2.06. The van der Waals surface area contributed by atoms with E-state index in [2.05, 4.69) is 4.57 Å². The summed E-state index contributed by atoms with van der Waals surface area (Å²) in [6.07, 6.45) is 3.58. The van der Waals surface area contributed by atoms with Gasteiger partial charge in [-0.25, -0.2) is 0 Å². The van der Waals surface area contributed by atoms with E-state index in [4.69, 9.17) is 11.6 Å². The monoisotopic (exact) mass is 263 g/mol. The fourth-order valence-corrected chi connectivity index (χ4v) is 2.18. The summed E-state index contributed by atoms with van der Waals surface area (Å²) in [7, 11) is 0. The zero-order valence-electron chi connectivity index (χ0n) is 10.7. The molecule has 0 saturated carbocycles. The minimum absolute atomic E-state index is 0.229. The molecular weight excluding hydrogens is 246 g/mol. The Hall–Kier alpha value is -1.25. The van der Waals surface area contributed by atoms with E-state index in [9.17, 15) is 5.11 Å². The lowest BCUT2D eigenvalue weighted by Crippen LogP contribution is -2.04. The van der Waals surface area contributed by atoms with Crippen molar-refractivity contribution in [3.8, 4) is 0 Å². The van der Waals surface area contributed by atoms with E-state index in [-0.39, 0.29) is 5.92 Å². The van der Waals surface area contributed by atoms with E-state index in [1.807, 2.05) is 56.6 Å². The number of aromatic nitrogens is 1. The van der Waals surface area contributed by atoms with Crippen molar-refractivity contribution in [3.63, 3.8) is 0 Å². The number of aliphatic hydroxyl groups excluding tert-OH is 1. The van der Waals surface area contributed by atoms with Crippen molar-refractivity contribution in [2.75, 3.05) is 0 Å². The van der Waals surface area contributed by atoms with Crippen molar-refractivity contribution in [1.29, 1.82) is 0 Å². The molecule has 2 aromatic rings. The first-order chi connectivity index (χ1) is 8.56. The minimum atomic E-state index is -0.398. The van der Waals surface area contributed by atoms with Gasteiger partial charge in [-0.15, -0.1) is 0 Å². The summed E-state index contributed by atoms with van der Waals surface area (Å²) in [5, 5.41) is 10.7. The van der Waals surface area contributed by atoms with Crippen molar-refractivity contribution in [2.45, 2.75) is 26.5 Å². The van der Waals surface area contributed by atoms with Crippen LogP contribution >= 0.6 is 11.6 Å². The minimum Gasteiger partial charge on any atom is -0.388 e. The lowest BCUT2D eigenvalue weighted by Gasteiger charge is -2.12. The summed E-state index contributed by atoms with van der Waals surface area (Å²) >= 11 is 5.96. The molecule has 0 aliphatic heterocycles. The van der Waals surface area contributed by atoms with Crippen LogP contribution in [0.3, 0.4) is 0 Å². The Morgan fingerprint density at radius 2 is 2.06 bits per heavy atom. The van der Waals surface area contributed by atoms with E-state index in [1.165, 1.54) is 0 Å². The predicted molar refractivity (Wildman–Crippen MR) is 74.8 cm³/mol. The normalized spacial score (nSPS) is 12.9. The smallest absolute Gasteiger partial charge is 0.0827 e. The lowest BCUT2D eigenvalue weighted by atomic mass is 10.0. The number of halogens is 1. The van der Waals surface area contributed by atoms with Crippen LogP contribution in [0.2, 0.25) is 5.02 Å². The summed E-state index contributed by atoms with van der Waals surface area (Å²) in [6, 6.07) is 9.79. The molecule has 1 N–H and O–H groups in total. The Morgan fingerprint density at radius 3 is 2.72 bits per heavy atom. The number of hydrogen-bond acceptors (Lipinski definition) is 1.